The molecule has 1 aliphatic rings. The van der Waals surface area contributed by atoms with Crippen LogP contribution < -0.4 is 0 Å². The van der Waals surface area contributed by atoms with Crippen molar-refractivity contribution in [1.29, 1.82) is 0 Å². The fraction of sp³-hybridized carbons (Fsp3) is 1.00. The summed E-state index contributed by atoms with van der Waals surface area (Å²) in [4.78, 5) is 0. The van der Waals surface area contributed by atoms with Crippen molar-refractivity contribution < 1.29 is 9.31 Å². The summed E-state index contributed by atoms with van der Waals surface area (Å²) in [5.74, 6) is 0.543. The quantitative estimate of drug-likeness (QED) is 0.456. The van der Waals surface area contributed by atoms with E-state index >= 15 is 0 Å². The van der Waals surface area contributed by atoms with Crippen molar-refractivity contribution in [2.45, 2.75) is 26.8 Å². The zero-order valence-electron chi connectivity index (χ0n) is 6.26. The van der Waals surface area contributed by atoms with E-state index in [0.29, 0.717) is 12.0 Å². The average Bonchev–Trinajstić information content (AvgIpc) is 1.80. The van der Waals surface area contributed by atoms with E-state index in [2.05, 4.69) is 13.8 Å². The lowest BCUT2D eigenvalue weighted by Crippen LogP contribution is -2.38. The van der Waals surface area contributed by atoms with Gasteiger partial charge in [-0.15, -0.1) is 0 Å². The molecule has 0 aromatic heterocycles. The molecule has 2 unspecified atom stereocenters. The summed E-state index contributed by atoms with van der Waals surface area (Å²) >= 11 is 0. The van der Waals surface area contributed by atoms with Crippen LogP contribution >= 0.6 is 0 Å². The van der Waals surface area contributed by atoms with Gasteiger partial charge in [-0.1, -0.05) is 6.92 Å². The molecule has 0 aliphatic carbocycles. The second-order valence-corrected chi connectivity index (χ2v) is 2.72. The Morgan fingerprint density at radius 2 is 2.11 bits per heavy atom. The molecule has 0 spiro atoms. The zero-order valence-corrected chi connectivity index (χ0v) is 6.26. The average molecular weight is 128 g/mol. The molecule has 2 nitrogen and oxygen atoms in total. The van der Waals surface area contributed by atoms with Crippen molar-refractivity contribution in [3.05, 3.63) is 0 Å². The molecule has 0 N–H and O–H groups in total. The van der Waals surface area contributed by atoms with E-state index in [1.807, 2.05) is 6.82 Å². The second kappa shape index (κ2) is 2.71. The van der Waals surface area contributed by atoms with Crippen LogP contribution in [0.1, 0.15) is 13.8 Å². The molecule has 2 atom stereocenters. The summed E-state index contributed by atoms with van der Waals surface area (Å²) in [6.07, 6.45) is 0.355. The molecule has 0 aromatic carbocycles. The van der Waals surface area contributed by atoms with Crippen LogP contribution in [0.2, 0.25) is 6.82 Å². The fourth-order valence-electron chi connectivity index (χ4n) is 0.898. The SMILES string of the molecule is CB1OCC(C)C(C)O1. The molecule has 1 saturated heterocycles. The van der Waals surface area contributed by atoms with Gasteiger partial charge in [-0.2, -0.15) is 0 Å². The van der Waals surface area contributed by atoms with Gasteiger partial charge in [0.15, 0.2) is 0 Å². The van der Waals surface area contributed by atoms with Gasteiger partial charge >= 0.3 is 7.12 Å². The Hall–Kier alpha value is -0.0151. The first kappa shape index (κ1) is 7.10. The van der Waals surface area contributed by atoms with Crippen molar-refractivity contribution in [2.24, 2.45) is 5.92 Å². The van der Waals surface area contributed by atoms with Crippen molar-refractivity contribution in [3.63, 3.8) is 0 Å². The summed E-state index contributed by atoms with van der Waals surface area (Å²) < 4.78 is 10.6. The number of rotatable bonds is 0. The summed E-state index contributed by atoms with van der Waals surface area (Å²) in [6, 6.07) is 0. The van der Waals surface area contributed by atoms with E-state index in [1.54, 1.807) is 0 Å². The second-order valence-electron chi connectivity index (χ2n) is 2.72. The van der Waals surface area contributed by atoms with E-state index in [4.69, 9.17) is 9.31 Å². The van der Waals surface area contributed by atoms with Crippen LogP contribution in [-0.2, 0) is 9.31 Å². The van der Waals surface area contributed by atoms with Gasteiger partial charge in [0.05, 0.1) is 0 Å². The van der Waals surface area contributed by atoms with E-state index < -0.39 is 0 Å². The Morgan fingerprint density at radius 3 is 2.56 bits per heavy atom. The third kappa shape index (κ3) is 1.70. The molecule has 0 radical (unpaired) electrons. The summed E-state index contributed by atoms with van der Waals surface area (Å²) in [5, 5.41) is 0. The highest BCUT2D eigenvalue weighted by atomic mass is 16.6. The maximum absolute atomic E-state index is 5.38. The standard InChI is InChI=1S/C6H13BO2/c1-5-4-8-7(3)9-6(5)2/h5-6H,4H2,1-3H3. The minimum absolute atomic E-state index is 0.00352. The predicted octanol–water partition coefficient (Wildman–Crippen LogP) is 1.18. The Kier molecular flexibility index (Phi) is 2.14. The molecule has 1 rings (SSSR count). The molecule has 0 bridgehead atoms. The maximum atomic E-state index is 5.38. The number of hydrogen-bond donors (Lipinski definition) is 0. The van der Waals surface area contributed by atoms with Crippen LogP contribution in [0.4, 0.5) is 0 Å². The molecule has 0 aromatic rings. The summed E-state index contributed by atoms with van der Waals surface area (Å²) in [5.41, 5.74) is 0. The van der Waals surface area contributed by atoms with Gasteiger partial charge in [-0.25, -0.2) is 0 Å². The van der Waals surface area contributed by atoms with Gasteiger partial charge in [0.2, 0.25) is 0 Å². The van der Waals surface area contributed by atoms with Gasteiger partial charge in [0.1, 0.15) is 0 Å². The van der Waals surface area contributed by atoms with Gasteiger partial charge in [-0.05, 0) is 13.7 Å². The predicted molar refractivity (Wildman–Crippen MR) is 37.3 cm³/mol. The van der Waals surface area contributed by atoms with Crippen molar-refractivity contribution in [3.8, 4) is 0 Å². The summed E-state index contributed by atoms with van der Waals surface area (Å²) in [7, 11) is -0.00352. The monoisotopic (exact) mass is 128 g/mol. The van der Waals surface area contributed by atoms with E-state index in [-0.39, 0.29) is 7.12 Å². The van der Waals surface area contributed by atoms with Gasteiger partial charge in [-0.3, -0.25) is 0 Å². The van der Waals surface area contributed by atoms with Gasteiger partial charge < -0.3 is 9.31 Å². The minimum atomic E-state index is -0.00352. The van der Waals surface area contributed by atoms with Crippen LogP contribution in [0.5, 0.6) is 0 Å². The molecule has 1 fully saturated rings. The lowest BCUT2D eigenvalue weighted by atomic mass is 9.90. The maximum Gasteiger partial charge on any atom is 0.453 e. The Morgan fingerprint density at radius 1 is 1.44 bits per heavy atom. The van der Waals surface area contributed by atoms with E-state index in [0.717, 1.165) is 6.61 Å². The highest BCUT2D eigenvalue weighted by molar-refractivity contribution is 6.42. The third-order valence-electron chi connectivity index (χ3n) is 1.80. The van der Waals surface area contributed by atoms with Crippen LogP contribution in [-0.4, -0.2) is 19.8 Å². The van der Waals surface area contributed by atoms with Crippen LogP contribution in [0.25, 0.3) is 0 Å². The van der Waals surface area contributed by atoms with Crippen molar-refractivity contribution in [1.82, 2.24) is 0 Å². The first-order valence-corrected chi connectivity index (χ1v) is 3.47. The minimum Gasteiger partial charge on any atom is -0.411 e. The Labute approximate surface area is 56.7 Å². The highest BCUT2D eigenvalue weighted by Gasteiger charge is 2.25. The molecule has 9 heavy (non-hydrogen) atoms. The van der Waals surface area contributed by atoms with Crippen molar-refractivity contribution >= 4 is 7.12 Å². The van der Waals surface area contributed by atoms with Gasteiger partial charge in [0, 0.05) is 18.6 Å². The Bertz CT molecular complexity index is 97.1. The molecule has 52 valence electrons. The smallest absolute Gasteiger partial charge is 0.411 e. The number of hydrogen-bond acceptors (Lipinski definition) is 2. The van der Waals surface area contributed by atoms with Crippen molar-refractivity contribution in [2.75, 3.05) is 6.61 Å². The molecular formula is C6H13BO2. The Balaban J connectivity index is 2.35. The van der Waals surface area contributed by atoms with E-state index in [9.17, 15) is 0 Å². The molecule has 0 amide bonds. The fourth-order valence-corrected chi connectivity index (χ4v) is 0.898. The van der Waals surface area contributed by atoms with E-state index in [1.165, 1.54) is 0 Å². The van der Waals surface area contributed by atoms with Crippen LogP contribution in [0, 0.1) is 5.92 Å². The van der Waals surface area contributed by atoms with Gasteiger partial charge in [0.25, 0.3) is 0 Å². The lowest BCUT2D eigenvalue weighted by Gasteiger charge is -2.29. The van der Waals surface area contributed by atoms with Crippen LogP contribution in [0.3, 0.4) is 0 Å². The normalized spacial score (nSPS) is 37.0. The summed E-state index contributed by atoms with van der Waals surface area (Å²) in [6.45, 7) is 6.99. The zero-order chi connectivity index (χ0) is 6.85. The topological polar surface area (TPSA) is 18.5 Å². The third-order valence-corrected chi connectivity index (χ3v) is 1.80. The van der Waals surface area contributed by atoms with Crippen LogP contribution in [0.15, 0.2) is 0 Å². The molecule has 1 aliphatic heterocycles. The first-order chi connectivity index (χ1) is 4.20. The largest absolute Gasteiger partial charge is 0.453 e. The molecular weight excluding hydrogens is 115 g/mol. The highest BCUT2D eigenvalue weighted by Crippen LogP contribution is 2.14. The molecule has 1 heterocycles. The molecule has 0 saturated carbocycles. The lowest BCUT2D eigenvalue weighted by molar-refractivity contribution is 0.0341. The molecule has 3 heteroatoms. The first-order valence-electron chi connectivity index (χ1n) is 3.47.